The van der Waals surface area contributed by atoms with Gasteiger partial charge in [0.2, 0.25) is 11.8 Å². The number of benzene rings is 2. The van der Waals surface area contributed by atoms with E-state index in [1.54, 1.807) is 11.8 Å². The van der Waals surface area contributed by atoms with Gasteiger partial charge in [0.05, 0.1) is 5.75 Å². The van der Waals surface area contributed by atoms with Crippen LogP contribution in [0.2, 0.25) is 0 Å². The molecule has 2 amide bonds. The standard InChI is InChI=1S/C21H26N2O2S/c1-4-22-21(25)17(3)23(14-18-10-8-9-16(2)13-18)20(24)15-26-19-11-6-5-7-12-19/h5-13,17H,4,14-15H2,1-3H3,(H,22,25)/t17-/m1/s1. The molecule has 0 fully saturated rings. The van der Waals surface area contributed by atoms with Gasteiger partial charge in [-0.05, 0) is 38.5 Å². The number of nitrogens with zero attached hydrogens (tertiary/aromatic N) is 1. The Bertz CT molecular complexity index is 734. The second kappa shape index (κ2) is 10.0. The fourth-order valence-electron chi connectivity index (χ4n) is 2.66. The second-order valence-corrected chi connectivity index (χ2v) is 7.23. The second-order valence-electron chi connectivity index (χ2n) is 6.18. The van der Waals surface area contributed by atoms with E-state index in [0.29, 0.717) is 18.8 Å². The van der Waals surface area contributed by atoms with E-state index in [4.69, 9.17) is 0 Å². The summed E-state index contributed by atoms with van der Waals surface area (Å²) < 4.78 is 0. The summed E-state index contributed by atoms with van der Waals surface area (Å²) in [5.74, 6) is 0.136. The highest BCUT2D eigenvalue weighted by Gasteiger charge is 2.25. The molecule has 5 heteroatoms. The number of hydrogen-bond acceptors (Lipinski definition) is 3. The first-order valence-electron chi connectivity index (χ1n) is 8.81. The van der Waals surface area contributed by atoms with Gasteiger partial charge in [-0.1, -0.05) is 48.0 Å². The number of nitrogens with one attached hydrogen (secondary N) is 1. The maximum absolute atomic E-state index is 12.9. The van der Waals surface area contributed by atoms with Crippen LogP contribution >= 0.6 is 11.8 Å². The lowest BCUT2D eigenvalue weighted by Crippen LogP contribution is -2.48. The summed E-state index contributed by atoms with van der Waals surface area (Å²) in [4.78, 5) is 27.9. The van der Waals surface area contributed by atoms with E-state index in [1.807, 2.05) is 62.4 Å². The number of likely N-dealkylation sites (N-methyl/N-ethyl adjacent to an activating group) is 1. The van der Waals surface area contributed by atoms with Gasteiger partial charge < -0.3 is 10.2 Å². The van der Waals surface area contributed by atoms with Gasteiger partial charge in [-0.3, -0.25) is 9.59 Å². The Morgan fingerprint density at radius 2 is 1.85 bits per heavy atom. The lowest BCUT2D eigenvalue weighted by Gasteiger charge is -2.28. The molecule has 2 rings (SSSR count). The quantitative estimate of drug-likeness (QED) is 0.722. The van der Waals surface area contributed by atoms with Crippen molar-refractivity contribution >= 4 is 23.6 Å². The zero-order valence-electron chi connectivity index (χ0n) is 15.6. The minimum atomic E-state index is -0.515. The van der Waals surface area contributed by atoms with Crippen molar-refractivity contribution in [1.82, 2.24) is 10.2 Å². The van der Waals surface area contributed by atoms with Crippen LogP contribution in [0.25, 0.3) is 0 Å². The third kappa shape index (κ3) is 5.92. The van der Waals surface area contributed by atoms with Gasteiger partial charge in [-0.15, -0.1) is 11.8 Å². The number of carbonyl (C=O) groups is 2. The average molecular weight is 371 g/mol. The molecule has 4 nitrogen and oxygen atoms in total. The summed E-state index contributed by atoms with van der Waals surface area (Å²) in [6.45, 7) is 6.66. The highest BCUT2D eigenvalue weighted by molar-refractivity contribution is 8.00. The minimum absolute atomic E-state index is 0.0425. The Kier molecular flexibility index (Phi) is 7.73. The van der Waals surface area contributed by atoms with Crippen LogP contribution in [0.5, 0.6) is 0 Å². The molecule has 26 heavy (non-hydrogen) atoms. The zero-order chi connectivity index (χ0) is 18.9. The first-order valence-corrected chi connectivity index (χ1v) is 9.80. The fourth-order valence-corrected chi connectivity index (χ4v) is 3.46. The summed E-state index contributed by atoms with van der Waals surface area (Å²) in [6, 6.07) is 17.3. The van der Waals surface area contributed by atoms with Gasteiger partial charge in [0.25, 0.3) is 0 Å². The van der Waals surface area contributed by atoms with Crippen molar-refractivity contribution in [3.8, 4) is 0 Å². The number of hydrogen-bond donors (Lipinski definition) is 1. The molecule has 0 saturated heterocycles. The van der Waals surface area contributed by atoms with Gasteiger partial charge in [0.15, 0.2) is 0 Å². The predicted molar refractivity (Wildman–Crippen MR) is 107 cm³/mol. The maximum Gasteiger partial charge on any atom is 0.242 e. The van der Waals surface area contributed by atoms with Crippen LogP contribution in [0.1, 0.15) is 25.0 Å². The van der Waals surface area contributed by atoms with E-state index in [-0.39, 0.29) is 11.8 Å². The van der Waals surface area contributed by atoms with E-state index in [2.05, 4.69) is 11.4 Å². The number of rotatable bonds is 8. The molecule has 138 valence electrons. The van der Waals surface area contributed by atoms with E-state index in [1.165, 1.54) is 11.8 Å². The number of amides is 2. The predicted octanol–water partition coefficient (Wildman–Crippen LogP) is 3.64. The monoisotopic (exact) mass is 370 g/mol. The largest absolute Gasteiger partial charge is 0.355 e. The number of aryl methyl sites for hydroxylation is 1. The highest BCUT2D eigenvalue weighted by atomic mass is 32.2. The highest BCUT2D eigenvalue weighted by Crippen LogP contribution is 2.19. The van der Waals surface area contributed by atoms with Crippen molar-refractivity contribution in [2.45, 2.75) is 38.3 Å². The molecule has 1 atom stereocenters. The molecule has 0 unspecified atom stereocenters. The third-order valence-electron chi connectivity index (χ3n) is 4.06. The lowest BCUT2D eigenvalue weighted by atomic mass is 10.1. The molecule has 2 aromatic carbocycles. The summed E-state index contributed by atoms with van der Waals surface area (Å²) in [7, 11) is 0. The Labute approximate surface area is 160 Å². The molecule has 0 aliphatic rings. The van der Waals surface area contributed by atoms with E-state index in [9.17, 15) is 9.59 Å². The molecule has 2 aromatic rings. The minimum Gasteiger partial charge on any atom is -0.355 e. The van der Waals surface area contributed by atoms with Crippen molar-refractivity contribution in [2.75, 3.05) is 12.3 Å². The molecule has 1 N–H and O–H groups in total. The molecule has 0 saturated carbocycles. The lowest BCUT2D eigenvalue weighted by molar-refractivity contribution is -0.138. The summed E-state index contributed by atoms with van der Waals surface area (Å²) >= 11 is 1.49. The smallest absolute Gasteiger partial charge is 0.242 e. The van der Waals surface area contributed by atoms with Crippen LogP contribution in [0, 0.1) is 6.92 Å². The van der Waals surface area contributed by atoms with Crippen LogP contribution in [0.3, 0.4) is 0 Å². The van der Waals surface area contributed by atoms with Crippen molar-refractivity contribution in [2.24, 2.45) is 0 Å². The first-order chi connectivity index (χ1) is 12.5. The van der Waals surface area contributed by atoms with Crippen LogP contribution in [-0.2, 0) is 16.1 Å². The SMILES string of the molecule is CCNC(=O)[C@@H](C)N(Cc1cccc(C)c1)C(=O)CSc1ccccc1. The Balaban J connectivity index is 2.12. The van der Waals surface area contributed by atoms with Crippen molar-refractivity contribution in [3.63, 3.8) is 0 Å². The Morgan fingerprint density at radius 1 is 1.12 bits per heavy atom. The van der Waals surface area contributed by atoms with Crippen LogP contribution < -0.4 is 5.32 Å². The fraction of sp³-hybridized carbons (Fsp3) is 0.333. The molecule has 0 heterocycles. The normalized spacial score (nSPS) is 11.7. The van der Waals surface area contributed by atoms with Crippen LogP contribution in [0.4, 0.5) is 0 Å². The van der Waals surface area contributed by atoms with Crippen LogP contribution in [0.15, 0.2) is 59.5 Å². The molecular weight excluding hydrogens is 344 g/mol. The van der Waals surface area contributed by atoms with Gasteiger partial charge in [-0.2, -0.15) is 0 Å². The zero-order valence-corrected chi connectivity index (χ0v) is 16.4. The van der Waals surface area contributed by atoms with Crippen molar-refractivity contribution < 1.29 is 9.59 Å². The number of thioether (sulfide) groups is 1. The molecule has 0 aromatic heterocycles. The van der Waals surface area contributed by atoms with Crippen molar-refractivity contribution in [1.29, 1.82) is 0 Å². The Morgan fingerprint density at radius 3 is 2.50 bits per heavy atom. The topological polar surface area (TPSA) is 49.4 Å². The Hall–Kier alpha value is -2.27. The molecule has 0 spiro atoms. The van der Waals surface area contributed by atoms with E-state index >= 15 is 0 Å². The molecule has 0 aliphatic carbocycles. The van der Waals surface area contributed by atoms with Crippen molar-refractivity contribution in [3.05, 3.63) is 65.7 Å². The summed E-state index contributed by atoms with van der Waals surface area (Å²) in [6.07, 6.45) is 0. The molecule has 0 bridgehead atoms. The van der Waals surface area contributed by atoms with E-state index in [0.717, 1.165) is 16.0 Å². The van der Waals surface area contributed by atoms with E-state index < -0.39 is 6.04 Å². The van der Waals surface area contributed by atoms with Gasteiger partial charge >= 0.3 is 0 Å². The third-order valence-corrected chi connectivity index (χ3v) is 5.06. The van der Waals surface area contributed by atoms with Crippen LogP contribution in [-0.4, -0.2) is 35.1 Å². The van der Waals surface area contributed by atoms with Gasteiger partial charge in [-0.25, -0.2) is 0 Å². The summed E-state index contributed by atoms with van der Waals surface area (Å²) in [5.41, 5.74) is 2.17. The molecular formula is C21H26N2O2S. The summed E-state index contributed by atoms with van der Waals surface area (Å²) in [5, 5.41) is 2.81. The average Bonchev–Trinajstić information content (AvgIpc) is 2.64. The molecule has 0 radical (unpaired) electrons. The first kappa shape index (κ1) is 20.0. The molecule has 0 aliphatic heterocycles. The number of carbonyl (C=O) groups excluding carboxylic acids is 2. The van der Waals surface area contributed by atoms with Gasteiger partial charge in [0, 0.05) is 18.0 Å². The van der Waals surface area contributed by atoms with Gasteiger partial charge in [0.1, 0.15) is 6.04 Å². The maximum atomic E-state index is 12.9.